The van der Waals surface area contributed by atoms with Crippen molar-refractivity contribution in [3.05, 3.63) is 70.3 Å². The molecule has 0 radical (unpaired) electrons. The number of aromatic nitrogens is 1. The van der Waals surface area contributed by atoms with Gasteiger partial charge in [-0.05, 0) is 23.8 Å². The maximum atomic E-state index is 13.6. The van der Waals surface area contributed by atoms with Crippen LogP contribution in [0, 0.1) is 10.1 Å². The molecule has 1 heterocycles. The lowest BCUT2D eigenvalue weighted by atomic mass is 10.1. The molecule has 12 heteroatoms. The molecule has 0 fully saturated rings. The first-order valence-electron chi connectivity index (χ1n) is 11.3. The second-order valence-electron chi connectivity index (χ2n) is 7.86. The average molecular weight is 556 g/mol. The van der Waals surface area contributed by atoms with Crippen molar-refractivity contribution in [2.24, 2.45) is 0 Å². The standard InChI is InChI=1S/C26H25N3O7S2/c1-33-20-10-9-16(11-19(20)29(31)32)14-28(17-12-21(34-2)25(36-4)22(13-17)35-3)24(30)15-37-26-27-18-7-5-6-8-23(18)38-26/h5-13H,14-15H2,1-4H3. The third-order valence-electron chi connectivity index (χ3n) is 5.64. The fourth-order valence-electron chi connectivity index (χ4n) is 3.82. The summed E-state index contributed by atoms with van der Waals surface area (Å²) in [7, 11) is 5.84. The topological polar surface area (TPSA) is 113 Å². The van der Waals surface area contributed by atoms with Gasteiger partial charge in [-0.15, -0.1) is 11.3 Å². The zero-order chi connectivity index (χ0) is 27.2. The first kappa shape index (κ1) is 27.0. The molecule has 1 amide bonds. The van der Waals surface area contributed by atoms with Gasteiger partial charge >= 0.3 is 5.69 Å². The van der Waals surface area contributed by atoms with E-state index in [1.54, 1.807) is 18.2 Å². The van der Waals surface area contributed by atoms with Crippen molar-refractivity contribution in [3.8, 4) is 23.0 Å². The van der Waals surface area contributed by atoms with Crippen LogP contribution in [0.25, 0.3) is 10.2 Å². The van der Waals surface area contributed by atoms with E-state index in [1.807, 2.05) is 24.3 Å². The normalized spacial score (nSPS) is 10.7. The highest BCUT2D eigenvalue weighted by Gasteiger charge is 2.24. The summed E-state index contributed by atoms with van der Waals surface area (Å²) in [5.74, 6) is 1.13. The van der Waals surface area contributed by atoms with Crippen LogP contribution >= 0.6 is 23.1 Å². The molecule has 0 N–H and O–H groups in total. The second kappa shape index (κ2) is 12.0. The van der Waals surface area contributed by atoms with E-state index in [-0.39, 0.29) is 29.6 Å². The number of benzene rings is 3. The van der Waals surface area contributed by atoms with Crippen molar-refractivity contribution in [2.75, 3.05) is 39.1 Å². The van der Waals surface area contributed by atoms with Crippen molar-refractivity contribution in [1.29, 1.82) is 0 Å². The van der Waals surface area contributed by atoms with Crippen LogP contribution in [-0.4, -0.2) is 50.0 Å². The van der Waals surface area contributed by atoms with Crippen LogP contribution in [0.15, 0.2) is 58.9 Å². The molecule has 0 aliphatic carbocycles. The Bertz CT molecular complexity index is 1420. The first-order valence-corrected chi connectivity index (χ1v) is 13.1. The molecule has 1 aromatic heterocycles. The molecule has 0 aliphatic heterocycles. The van der Waals surface area contributed by atoms with Gasteiger partial charge in [0.2, 0.25) is 11.7 Å². The number of thioether (sulfide) groups is 1. The van der Waals surface area contributed by atoms with E-state index in [0.29, 0.717) is 28.5 Å². The number of amides is 1. The van der Waals surface area contributed by atoms with Crippen molar-refractivity contribution >= 4 is 50.6 Å². The summed E-state index contributed by atoms with van der Waals surface area (Å²) in [4.78, 5) is 30.8. The second-order valence-corrected chi connectivity index (χ2v) is 10.1. The highest BCUT2D eigenvalue weighted by Crippen LogP contribution is 2.42. The van der Waals surface area contributed by atoms with E-state index in [1.165, 1.54) is 68.6 Å². The minimum Gasteiger partial charge on any atom is -0.493 e. The largest absolute Gasteiger partial charge is 0.493 e. The zero-order valence-corrected chi connectivity index (χ0v) is 22.8. The molecule has 10 nitrogen and oxygen atoms in total. The summed E-state index contributed by atoms with van der Waals surface area (Å²) in [5, 5.41) is 11.6. The molecule has 38 heavy (non-hydrogen) atoms. The van der Waals surface area contributed by atoms with Gasteiger partial charge in [-0.1, -0.05) is 30.0 Å². The Labute approximate surface area is 227 Å². The summed E-state index contributed by atoms with van der Waals surface area (Å²) in [6.45, 7) is 0.0582. The van der Waals surface area contributed by atoms with Gasteiger partial charge in [-0.2, -0.15) is 0 Å². The monoisotopic (exact) mass is 555 g/mol. The quantitative estimate of drug-likeness (QED) is 0.133. The molecule has 0 unspecified atom stereocenters. The van der Waals surface area contributed by atoms with E-state index < -0.39 is 4.92 Å². The number of methoxy groups -OCH3 is 4. The predicted molar refractivity (Wildman–Crippen MR) is 147 cm³/mol. The van der Waals surface area contributed by atoms with Crippen LogP contribution in [0.3, 0.4) is 0 Å². The van der Waals surface area contributed by atoms with Crippen LogP contribution in [0.1, 0.15) is 5.56 Å². The van der Waals surface area contributed by atoms with Gasteiger partial charge in [-0.3, -0.25) is 14.9 Å². The molecule has 198 valence electrons. The number of thiazole rings is 1. The Morgan fingerprint density at radius 3 is 2.26 bits per heavy atom. The summed E-state index contributed by atoms with van der Waals surface area (Å²) < 4.78 is 23.3. The molecule has 3 aromatic carbocycles. The third-order valence-corrected chi connectivity index (χ3v) is 7.80. The number of hydrogen-bond acceptors (Lipinski definition) is 10. The van der Waals surface area contributed by atoms with Crippen LogP contribution in [0.5, 0.6) is 23.0 Å². The van der Waals surface area contributed by atoms with Crippen LogP contribution in [-0.2, 0) is 11.3 Å². The molecule has 0 saturated carbocycles. The van der Waals surface area contributed by atoms with Crippen LogP contribution in [0.2, 0.25) is 0 Å². The Balaban J connectivity index is 1.69. The number of nitro groups is 1. The van der Waals surface area contributed by atoms with Gasteiger partial charge in [0.05, 0.1) is 61.6 Å². The minimum atomic E-state index is -0.517. The third kappa shape index (κ3) is 5.76. The van der Waals surface area contributed by atoms with Crippen molar-refractivity contribution in [2.45, 2.75) is 10.9 Å². The number of rotatable bonds is 11. The number of ether oxygens (including phenoxy) is 4. The first-order chi connectivity index (χ1) is 18.4. The van der Waals surface area contributed by atoms with Crippen LogP contribution < -0.4 is 23.8 Å². The number of nitrogens with zero attached hydrogens (tertiary/aromatic N) is 3. The Morgan fingerprint density at radius 1 is 0.974 bits per heavy atom. The summed E-state index contributed by atoms with van der Waals surface area (Å²) in [6.07, 6.45) is 0. The van der Waals surface area contributed by atoms with E-state index in [4.69, 9.17) is 18.9 Å². The Hall–Kier alpha value is -4.03. The SMILES string of the molecule is COc1ccc(CN(C(=O)CSc2nc3ccccc3s2)c2cc(OC)c(OC)c(OC)c2)cc1[N+](=O)[O-]. The van der Waals surface area contributed by atoms with Gasteiger partial charge in [0.25, 0.3) is 0 Å². The number of nitro benzene ring substituents is 1. The van der Waals surface area contributed by atoms with Gasteiger partial charge in [0, 0.05) is 18.2 Å². The number of anilines is 1. The lowest BCUT2D eigenvalue weighted by molar-refractivity contribution is -0.385. The zero-order valence-electron chi connectivity index (χ0n) is 21.1. The lowest BCUT2D eigenvalue weighted by Gasteiger charge is -2.25. The number of carbonyl (C=O) groups excluding carboxylic acids is 1. The highest BCUT2D eigenvalue weighted by atomic mass is 32.2. The molecule has 4 rings (SSSR count). The predicted octanol–water partition coefficient (Wildman–Crippen LogP) is 5.56. The maximum absolute atomic E-state index is 13.6. The number of hydrogen-bond donors (Lipinski definition) is 0. The fraction of sp³-hybridized carbons (Fsp3) is 0.231. The number of fused-ring (bicyclic) bond motifs is 1. The molecule has 0 saturated heterocycles. The highest BCUT2D eigenvalue weighted by molar-refractivity contribution is 8.01. The van der Waals surface area contributed by atoms with Gasteiger partial charge in [0.15, 0.2) is 21.6 Å². The number of para-hydroxylation sites is 1. The Kier molecular flexibility index (Phi) is 8.54. The fourth-order valence-corrected chi connectivity index (χ4v) is 5.76. The minimum absolute atomic E-state index is 0.0582. The summed E-state index contributed by atoms with van der Waals surface area (Å²) in [6, 6.07) is 15.7. The Morgan fingerprint density at radius 2 is 1.66 bits per heavy atom. The molecule has 0 bridgehead atoms. The summed E-state index contributed by atoms with van der Waals surface area (Å²) >= 11 is 2.84. The van der Waals surface area contributed by atoms with Crippen LogP contribution in [0.4, 0.5) is 11.4 Å². The molecular formula is C26H25N3O7S2. The van der Waals surface area contributed by atoms with Crippen molar-refractivity contribution in [1.82, 2.24) is 4.98 Å². The average Bonchev–Trinajstić information content (AvgIpc) is 3.36. The van der Waals surface area contributed by atoms with E-state index in [0.717, 1.165) is 14.6 Å². The number of carbonyl (C=O) groups is 1. The molecule has 0 spiro atoms. The molecule has 0 aliphatic rings. The van der Waals surface area contributed by atoms with E-state index in [9.17, 15) is 14.9 Å². The molecule has 4 aromatic rings. The molecule has 0 atom stereocenters. The smallest absolute Gasteiger partial charge is 0.311 e. The molecular weight excluding hydrogens is 530 g/mol. The summed E-state index contributed by atoms with van der Waals surface area (Å²) in [5.41, 5.74) is 1.71. The van der Waals surface area contributed by atoms with Crippen molar-refractivity contribution < 1.29 is 28.7 Å². The van der Waals surface area contributed by atoms with Gasteiger partial charge in [-0.25, -0.2) is 4.98 Å². The lowest BCUT2D eigenvalue weighted by Crippen LogP contribution is -2.32. The van der Waals surface area contributed by atoms with E-state index >= 15 is 0 Å². The van der Waals surface area contributed by atoms with Gasteiger partial charge in [0.1, 0.15) is 0 Å². The van der Waals surface area contributed by atoms with Crippen molar-refractivity contribution in [3.63, 3.8) is 0 Å². The van der Waals surface area contributed by atoms with E-state index in [2.05, 4.69) is 4.98 Å². The maximum Gasteiger partial charge on any atom is 0.311 e. The van der Waals surface area contributed by atoms with Gasteiger partial charge < -0.3 is 23.8 Å².